The zero-order valence-corrected chi connectivity index (χ0v) is 18.8. The van der Waals surface area contributed by atoms with E-state index in [1.54, 1.807) is 20.4 Å². The van der Waals surface area contributed by atoms with Gasteiger partial charge < -0.3 is 0 Å². The molecule has 3 rings (SSSR count). The predicted octanol–water partition coefficient (Wildman–Crippen LogP) is 4.03. The fraction of sp³-hybridized carbons (Fsp3) is 0.500. The Morgan fingerprint density at radius 3 is 2.35 bits per heavy atom. The Balaban J connectivity index is 2.04. The summed E-state index contributed by atoms with van der Waals surface area (Å²) in [7, 11) is 0. The quantitative estimate of drug-likeness (QED) is 0.660. The molecule has 1 aromatic carbocycles. The van der Waals surface area contributed by atoms with E-state index in [0.717, 1.165) is 12.8 Å². The Morgan fingerprint density at radius 2 is 1.73 bits per heavy atom. The summed E-state index contributed by atoms with van der Waals surface area (Å²) < 4.78 is 8.39. The van der Waals surface area contributed by atoms with Crippen molar-refractivity contribution >= 4 is 18.4 Å². The van der Waals surface area contributed by atoms with E-state index in [1.807, 2.05) is 18.2 Å². The first kappa shape index (κ1) is 19.3. The molecule has 1 N–H and O–H groups in total. The summed E-state index contributed by atoms with van der Waals surface area (Å²) in [6.07, 6.45) is 5.53. The molecule has 0 spiro atoms. The molecule has 0 saturated heterocycles. The normalized spacial score (nSPS) is 18.0. The van der Waals surface area contributed by atoms with Crippen LogP contribution in [0.2, 0.25) is 13.3 Å². The summed E-state index contributed by atoms with van der Waals surface area (Å²) in [6.45, 7) is 7.02. The topological polar surface area (TPSA) is 59.8 Å². The fourth-order valence-corrected chi connectivity index (χ4v) is 16.1. The molecule has 140 valence electrons. The number of aromatic amines is 1. The van der Waals surface area contributed by atoms with Gasteiger partial charge in [-0.2, -0.15) is 0 Å². The van der Waals surface area contributed by atoms with Crippen molar-refractivity contribution in [2.45, 2.75) is 59.4 Å². The third kappa shape index (κ3) is 3.38. The molecular formula is C20H29N3O2Sn. The SMILES string of the molecule is C[CH2][Sn]([CH2]C)([CH2]C)[C]1=CC(n2[nH]c(=O)n(-c3ccccc3)c2=O)CCC1. The molecule has 0 aliphatic heterocycles. The number of rotatable bonds is 6. The van der Waals surface area contributed by atoms with Gasteiger partial charge in [-0.15, -0.1) is 0 Å². The molecule has 1 unspecified atom stereocenters. The number of nitrogens with one attached hydrogen (secondary N) is 1. The number of hydrogen-bond donors (Lipinski definition) is 1. The third-order valence-electron chi connectivity index (χ3n) is 6.21. The monoisotopic (exact) mass is 463 g/mol. The number of H-pyrrole nitrogens is 1. The van der Waals surface area contributed by atoms with Gasteiger partial charge in [0.05, 0.1) is 0 Å². The van der Waals surface area contributed by atoms with Crippen LogP contribution in [0.1, 0.15) is 46.1 Å². The maximum absolute atomic E-state index is 12.9. The van der Waals surface area contributed by atoms with E-state index < -0.39 is 18.4 Å². The molecule has 1 atom stereocenters. The average Bonchev–Trinajstić information content (AvgIpc) is 2.99. The number of allylic oxidation sites excluding steroid dienone is 2. The van der Waals surface area contributed by atoms with Crippen LogP contribution in [0, 0.1) is 0 Å². The Kier molecular flexibility index (Phi) is 5.95. The molecule has 2 aromatic rings. The number of nitrogens with zero attached hydrogens (tertiary/aromatic N) is 2. The van der Waals surface area contributed by atoms with Crippen molar-refractivity contribution in [2.24, 2.45) is 0 Å². The number of hydrogen-bond acceptors (Lipinski definition) is 2. The van der Waals surface area contributed by atoms with Crippen LogP contribution in [-0.2, 0) is 0 Å². The number of para-hydroxylation sites is 1. The molecule has 0 radical (unpaired) electrons. The van der Waals surface area contributed by atoms with E-state index in [0.29, 0.717) is 5.69 Å². The second kappa shape index (κ2) is 8.03. The zero-order chi connectivity index (χ0) is 18.7. The van der Waals surface area contributed by atoms with Crippen molar-refractivity contribution in [3.63, 3.8) is 0 Å². The van der Waals surface area contributed by atoms with Crippen LogP contribution >= 0.6 is 0 Å². The van der Waals surface area contributed by atoms with Gasteiger partial charge in [-0.1, -0.05) is 0 Å². The van der Waals surface area contributed by atoms with E-state index in [1.165, 1.54) is 24.3 Å². The summed E-state index contributed by atoms with van der Waals surface area (Å²) in [5.74, 6) is 0. The minimum atomic E-state index is -2.27. The molecule has 1 heterocycles. The molecule has 1 aliphatic carbocycles. The average molecular weight is 462 g/mol. The fourth-order valence-electron chi connectivity index (χ4n) is 4.40. The van der Waals surface area contributed by atoms with Crippen LogP contribution in [0.5, 0.6) is 0 Å². The molecule has 26 heavy (non-hydrogen) atoms. The van der Waals surface area contributed by atoms with Crippen molar-refractivity contribution in [1.29, 1.82) is 0 Å². The number of aromatic nitrogens is 3. The maximum atomic E-state index is 12.9. The van der Waals surface area contributed by atoms with E-state index in [2.05, 4.69) is 31.9 Å². The summed E-state index contributed by atoms with van der Waals surface area (Å²) in [4.78, 5) is 25.4. The van der Waals surface area contributed by atoms with Crippen LogP contribution in [0.4, 0.5) is 0 Å². The second-order valence-corrected chi connectivity index (χ2v) is 22.4. The summed E-state index contributed by atoms with van der Waals surface area (Å²) >= 11 is -2.27. The second-order valence-electron chi connectivity index (χ2n) is 7.23. The van der Waals surface area contributed by atoms with Gasteiger partial charge in [0.1, 0.15) is 0 Å². The first-order chi connectivity index (χ1) is 12.6. The Hall–Kier alpha value is -1.50. The van der Waals surface area contributed by atoms with Gasteiger partial charge in [0, 0.05) is 0 Å². The van der Waals surface area contributed by atoms with Crippen LogP contribution in [0.25, 0.3) is 5.69 Å². The van der Waals surface area contributed by atoms with Crippen molar-refractivity contribution in [3.8, 4) is 5.69 Å². The molecule has 0 amide bonds. The first-order valence-corrected chi connectivity index (χ1v) is 17.2. The van der Waals surface area contributed by atoms with Gasteiger partial charge in [0.2, 0.25) is 0 Å². The van der Waals surface area contributed by atoms with Crippen LogP contribution in [-0.4, -0.2) is 32.7 Å². The third-order valence-corrected chi connectivity index (χ3v) is 22.9. The van der Waals surface area contributed by atoms with Crippen molar-refractivity contribution in [2.75, 3.05) is 0 Å². The van der Waals surface area contributed by atoms with Crippen LogP contribution in [0.15, 0.2) is 49.6 Å². The minimum absolute atomic E-state index is 0.0235. The van der Waals surface area contributed by atoms with E-state index >= 15 is 0 Å². The summed E-state index contributed by atoms with van der Waals surface area (Å²) in [5, 5.41) is 2.80. The standard InChI is InChI=1S/C14H14N3O2.3C2H5.Sn/c18-13-15-17(12-9-5-2-6-10-12)14(19)16(13)11-7-3-1-4-8-11;3*1-2;/h1,3-4,7-8,10,12H,2,5,9H2,(H,15,18);3*1H2,2H3;. The molecule has 0 bridgehead atoms. The summed E-state index contributed by atoms with van der Waals surface area (Å²) in [5.41, 5.74) is -0.0197. The predicted molar refractivity (Wildman–Crippen MR) is 109 cm³/mol. The van der Waals surface area contributed by atoms with Gasteiger partial charge in [0.25, 0.3) is 0 Å². The van der Waals surface area contributed by atoms with Crippen LogP contribution < -0.4 is 11.4 Å². The van der Waals surface area contributed by atoms with Gasteiger partial charge in [-0.25, -0.2) is 0 Å². The molecule has 6 heteroatoms. The first-order valence-electron chi connectivity index (χ1n) is 9.76. The Morgan fingerprint density at radius 1 is 1.08 bits per heavy atom. The van der Waals surface area contributed by atoms with E-state index in [4.69, 9.17) is 0 Å². The summed E-state index contributed by atoms with van der Waals surface area (Å²) in [6, 6.07) is 9.10. The molecular weight excluding hydrogens is 433 g/mol. The van der Waals surface area contributed by atoms with Crippen LogP contribution in [0.3, 0.4) is 0 Å². The molecule has 0 fully saturated rings. The van der Waals surface area contributed by atoms with Gasteiger partial charge in [-0.3, -0.25) is 0 Å². The van der Waals surface area contributed by atoms with E-state index in [9.17, 15) is 9.59 Å². The molecule has 1 aliphatic rings. The van der Waals surface area contributed by atoms with Crippen molar-refractivity contribution < 1.29 is 0 Å². The van der Waals surface area contributed by atoms with E-state index in [-0.39, 0.29) is 17.4 Å². The van der Waals surface area contributed by atoms with Gasteiger partial charge >= 0.3 is 159 Å². The Bertz CT molecular complexity index is 880. The van der Waals surface area contributed by atoms with Gasteiger partial charge in [-0.05, 0) is 0 Å². The number of benzene rings is 1. The van der Waals surface area contributed by atoms with Gasteiger partial charge in [0.15, 0.2) is 0 Å². The molecule has 1 aromatic heterocycles. The van der Waals surface area contributed by atoms with Crippen molar-refractivity contribution in [3.05, 3.63) is 61.0 Å². The molecule has 5 nitrogen and oxygen atoms in total. The zero-order valence-electron chi connectivity index (χ0n) is 16.0. The molecule has 0 saturated carbocycles. The van der Waals surface area contributed by atoms with Crippen molar-refractivity contribution in [1.82, 2.24) is 14.3 Å². The Labute approximate surface area is 158 Å².